The number of benzene rings is 2. The molecule has 5 heteroatoms. The Morgan fingerprint density at radius 2 is 2.00 bits per heavy atom. The Labute approximate surface area is 121 Å². The van der Waals surface area contributed by atoms with Crippen LogP contribution in [-0.4, -0.2) is 18.1 Å². The summed E-state index contributed by atoms with van der Waals surface area (Å²) in [5.41, 5.74) is 1.98. The first-order valence-electron chi connectivity index (χ1n) is 6.40. The molecule has 5 nitrogen and oxygen atoms in total. The van der Waals surface area contributed by atoms with Crippen LogP contribution in [0.1, 0.15) is 6.92 Å². The average molecular weight is 283 g/mol. The van der Waals surface area contributed by atoms with Crippen LogP contribution in [0.5, 0.6) is 11.5 Å². The van der Waals surface area contributed by atoms with Crippen molar-refractivity contribution in [3.05, 3.63) is 42.5 Å². The highest BCUT2D eigenvalue weighted by Gasteiger charge is 2.16. The lowest BCUT2D eigenvalue weighted by Gasteiger charge is -2.08. The molecule has 0 bridgehead atoms. The summed E-state index contributed by atoms with van der Waals surface area (Å²) in [5.74, 6) is 0.988. The summed E-state index contributed by atoms with van der Waals surface area (Å²) in [6.07, 6.45) is 0. The van der Waals surface area contributed by atoms with Gasteiger partial charge in [-0.2, -0.15) is 0 Å². The smallest absolute Gasteiger partial charge is 0.308 e. The van der Waals surface area contributed by atoms with Crippen LogP contribution in [0, 0.1) is 0 Å². The Balaban J connectivity index is 2.15. The molecule has 0 saturated carbocycles. The van der Waals surface area contributed by atoms with Crippen LogP contribution in [0.2, 0.25) is 0 Å². The molecule has 21 heavy (non-hydrogen) atoms. The van der Waals surface area contributed by atoms with Gasteiger partial charge in [-0.3, -0.25) is 4.79 Å². The number of nitrogens with zero attached hydrogens (tertiary/aromatic N) is 1. The third-order valence-corrected chi connectivity index (χ3v) is 2.96. The van der Waals surface area contributed by atoms with E-state index >= 15 is 0 Å². The minimum Gasteiger partial charge on any atom is -0.497 e. The zero-order valence-electron chi connectivity index (χ0n) is 11.6. The van der Waals surface area contributed by atoms with E-state index in [0.29, 0.717) is 28.5 Å². The van der Waals surface area contributed by atoms with E-state index in [1.165, 1.54) is 6.92 Å². The van der Waals surface area contributed by atoms with Gasteiger partial charge in [-0.15, -0.1) is 0 Å². The van der Waals surface area contributed by atoms with E-state index in [2.05, 4.69) is 4.98 Å². The van der Waals surface area contributed by atoms with Crippen molar-refractivity contribution < 1.29 is 18.7 Å². The third-order valence-electron chi connectivity index (χ3n) is 2.96. The largest absolute Gasteiger partial charge is 0.497 e. The molecule has 1 aromatic heterocycles. The van der Waals surface area contributed by atoms with Gasteiger partial charge in [0.05, 0.1) is 12.7 Å². The van der Waals surface area contributed by atoms with Crippen molar-refractivity contribution in [3.8, 4) is 23.0 Å². The van der Waals surface area contributed by atoms with Gasteiger partial charge in [0.2, 0.25) is 5.89 Å². The summed E-state index contributed by atoms with van der Waals surface area (Å²) < 4.78 is 16.1. The molecule has 106 valence electrons. The van der Waals surface area contributed by atoms with Gasteiger partial charge in [-0.1, -0.05) is 12.1 Å². The number of hydrogen-bond donors (Lipinski definition) is 0. The maximum Gasteiger partial charge on any atom is 0.308 e. The summed E-state index contributed by atoms with van der Waals surface area (Å²) >= 11 is 0. The van der Waals surface area contributed by atoms with E-state index < -0.39 is 5.97 Å². The molecule has 2 aromatic carbocycles. The van der Waals surface area contributed by atoms with E-state index in [9.17, 15) is 4.79 Å². The van der Waals surface area contributed by atoms with Crippen molar-refractivity contribution in [1.29, 1.82) is 0 Å². The topological polar surface area (TPSA) is 61.6 Å². The standard InChI is InChI=1S/C16H13NO4/c1-10(18)20-14-8-7-11(19-2)9-12(14)16-17-13-5-3-4-6-15(13)21-16/h3-9H,1-2H3. The third kappa shape index (κ3) is 2.58. The van der Waals surface area contributed by atoms with Gasteiger partial charge in [0, 0.05) is 6.92 Å². The van der Waals surface area contributed by atoms with Crippen LogP contribution in [0.3, 0.4) is 0 Å². The molecule has 0 aliphatic rings. The van der Waals surface area contributed by atoms with Crippen LogP contribution >= 0.6 is 0 Å². The van der Waals surface area contributed by atoms with E-state index in [-0.39, 0.29) is 0 Å². The molecule has 0 fully saturated rings. The summed E-state index contributed by atoms with van der Waals surface area (Å²) in [4.78, 5) is 15.6. The van der Waals surface area contributed by atoms with Crippen molar-refractivity contribution >= 4 is 17.1 Å². The van der Waals surface area contributed by atoms with Crippen LogP contribution < -0.4 is 9.47 Å². The predicted octanol–water partition coefficient (Wildman–Crippen LogP) is 3.43. The summed E-state index contributed by atoms with van der Waals surface area (Å²) in [7, 11) is 1.57. The van der Waals surface area contributed by atoms with Crippen molar-refractivity contribution in [2.75, 3.05) is 7.11 Å². The second-order valence-corrected chi connectivity index (χ2v) is 4.44. The fourth-order valence-corrected chi connectivity index (χ4v) is 2.03. The normalized spacial score (nSPS) is 10.6. The number of para-hydroxylation sites is 2. The van der Waals surface area contributed by atoms with Gasteiger partial charge in [0.25, 0.3) is 0 Å². The first kappa shape index (κ1) is 13.2. The Kier molecular flexibility index (Phi) is 3.31. The minimum atomic E-state index is -0.405. The van der Waals surface area contributed by atoms with Gasteiger partial charge in [-0.25, -0.2) is 4.98 Å². The number of carbonyl (C=O) groups is 1. The number of fused-ring (bicyclic) bond motifs is 1. The Morgan fingerprint density at radius 1 is 1.19 bits per heavy atom. The van der Waals surface area contributed by atoms with E-state index in [0.717, 1.165) is 5.52 Å². The van der Waals surface area contributed by atoms with Gasteiger partial charge in [0.15, 0.2) is 5.58 Å². The quantitative estimate of drug-likeness (QED) is 0.544. The maximum absolute atomic E-state index is 11.2. The minimum absolute atomic E-state index is 0.381. The molecule has 0 radical (unpaired) electrons. The number of carbonyl (C=O) groups excluding carboxylic acids is 1. The van der Waals surface area contributed by atoms with Crippen LogP contribution in [0.25, 0.3) is 22.6 Å². The number of aromatic nitrogens is 1. The van der Waals surface area contributed by atoms with E-state index in [4.69, 9.17) is 13.9 Å². The Hall–Kier alpha value is -2.82. The molecule has 0 aliphatic carbocycles. The first-order valence-corrected chi connectivity index (χ1v) is 6.40. The van der Waals surface area contributed by atoms with Crippen molar-refractivity contribution in [3.63, 3.8) is 0 Å². The lowest BCUT2D eigenvalue weighted by Crippen LogP contribution is -2.03. The number of methoxy groups -OCH3 is 1. The maximum atomic E-state index is 11.2. The van der Waals surface area contributed by atoms with Crippen molar-refractivity contribution in [2.45, 2.75) is 6.92 Å². The molecule has 0 unspecified atom stereocenters. The van der Waals surface area contributed by atoms with E-state index in [1.807, 2.05) is 24.3 Å². The monoisotopic (exact) mass is 283 g/mol. The zero-order valence-corrected chi connectivity index (χ0v) is 11.6. The molecule has 0 aliphatic heterocycles. The van der Waals surface area contributed by atoms with Gasteiger partial charge in [-0.05, 0) is 30.3 Å². The van der Waals surface area contributed by atoms with E-state index in [1.54, 1.807) is 25.3 Å². The highest BCUT2D eigenvalue weighted by atomic mass is 16.5. The molecule has 0 saturated heterocycles. The van der Waals surface area contributed by atoms with Gasteiger partial charge < -0.3 is 13.9 Å². The highest BCUT2D eigenvalue weighted by Crippen LogP contribution is 2.34. The Morgan fingerprint density at radius 3 is 2.71 bits per heavy atom. The summed E-state index contributed by atoms with van der Waals surface area (Å²) in [6, 6.07) is 12.5. The Bertz CT molecular complexity index is 774. The van der Waals surface area contributed by atoms with Crippen molar-refractivity contribution in [1.82, 2.24) is 4.98 Å². The second-order valence-electron chi connectivity index (χ2n) is 4.44. The van der Waals surface area contributed by atoms with Crippen LogP contribution in [0.15, 0.2) is 46.9 Å². The predicted molar refractivity (Wildman–Crippen MR) is 77.3 cm³/mol. The van der Waals surface area contributed by atoms with Crippen LogP contribution in [-0.2, 0) is 4.79 Å². The van der Waals surface area contributed by atoms with Gasteiger partial charge >= 0.3 is 5.97 Å². The molecule has 0 amide bonds. The average Bonchev–Trinajstić information content (AvgIpc) is 2.90. The number of esters is 1. The SMILES string of the molecule is COc1ccc(OC(C)=O)c(-c2nc3ccccc3o2)c1. The molecule has 0 atom stereocenters. The molecular formula is C16H13NO4. The molecular weight excluding hydrogens is 270 g/mol. The molecule has 1 heterocycles. The molecule has 0 spiro atoms. The second kappa shape index (κ2) is 5.28. The fourth-order valence-electron chi connectivity index (χ4n) is 2.03. The summed E-state index contributed by atoms with van der Waals surface area (Å²) in [6.45, 7) is 1.35. The molecule has 3 aromatic rings. The lowest BCUT2D eigenvalue weighted by molar-refractivity contribution is -0.131. The number of ether oxygens (including phenoxy) is 2. The number of oxazole rings is 1. The van der Waals surface area contributed by atoms with Crippen molar-refractivity contribution in [2.24, 2.45) is 0 Å². The summed E-state index contributed by atoms with van der Waals surface area (Å²) in [5, 5.41) is 0. The molecule has 3 rings (SSSR count). The number of rotatable bonds is 3. The lowest BCUT2D eigenvalue weighted by atomic mass is 10.2. The fraction of sp³-hybridized carbons (Fsp3) is 0.125. The van der Waals surface area contributed by atoms with Crippen LogP contribution in [0.4, 0.5) is 0 Å². The zero-order chi connectivity index (χ0) is 14.8. The first-order chi connectivity index (χ1) is 10.2. The number of hydrogen-bond acceptors (Lipinski definition) is 5. The molecule has 0 N–H and O–H groups in total. The highest BCUT2D eigenvalue weighted by molar-refractivity contribution is 5.79. The van der Waals surface area contributed by atoms with Gasteiger partial charge in [0.1, 0.15) is 17.0 Å².